The summed E-state index contributed by atoms with van der Waals surface area (Å²) in [7, 11) is 0. The zero-order valence-corrected chi connectivity index (χ0v) is 18.8. The number of nitrogens with zero attached hydrogens (tertiary/aromatic N) is 2. The summed E-state index contributed by atoms with van der Waals surface area (Å²) in [4.78, 5) is 5.05. The van der Waals surface area contributed by atoms with Crippen molar-refractivity contribution in [2.24, 2.45) is 0 Å². The Morgan fingerprint density at radius 3 is 2.06 bits per heavy atom. The van der Waals surface area contributed by atoms with Gasteiger partial charge in [0.1, 0.15) is 12.0 Å². The SMILES string of the molecule is CC.c1ccc2c(c1)NC(c1c3ccccc3cc3ccccc13)n1c-2nc2ccccc21. The monoisotopic (exact) mass is 427 g/mol. The fourth-order valence-electron chi connectivity index (χ4n) is 5.06. The van der Waals surface area contributed by atoms with Crippen LogP contribution in [-0.2, 0) is 0 Å². The van der Waals surface area contributed by atoms with Gasteiger partial charge in [0.15, 0.2) is 0 Å². The molecule has 7 rings (SSSR count). The van der Waals surface area contributed by atoms with Crippen molar-refractivity contribution in [3.8, 4) is 11.4 Å². The molecule has 1 aromatic heterocycles. The largest absolute Gasteiger partial charge is 0.360 e. The highest BCUT2D eigenvalue weighted by Crippen LogP contribution is 2.44. The van der Waals surface area contributed by atoms with E-state index in [4.69, 9.17) is 4.98 Å². The Kier molecular flexibility index (Phi) is 4.62. The molecule has 0 saturated carbocycles. The topological polar surface area (TPSA) is 29.9 Å². The third-order valence-corrected chi connectivity index (χ3v) is 6.40. The number of imidazole rings is 1. The number of rotatable bonds is 1. The van der Waals surface area contributed by atoms with E-state index in [-0.39, 0.29) is 6.17 Å². The van der Waals surface area contributed by atoms with Gasteiger partial charge in [0.05, 0.1) is 11.0 Å². The summed E-state index contributed by atoms with van der Waals surface area (Å²) >= 11 is 0. The van der Waals surface area contributed by atoms with Gasteiger partial charge in [-0.2, -0.15) is 0 Å². The standard InChI is InChI=1S/C28H19N3.C2H6/c1-3-11-20-18(9-1)17-19-10-2-4-12-21(19)26(20)28-29-23-14-6-5-13-22(23)27-30-24-15-7-8-16-25(24)31(27)28;1-2/h1-17,28-29H;1-2H3. The molecule has 160 valence electrons. The fraction of sp³-hybridized carbons (Fsp3) is 0.100. The van der Waals surface area contributed by atoms with Crippen LogP contribution in [0.25, 0.3) is 44.0 Å². The Morgan fingerprint density at radius 1 is 0.697 bits per heavy atom. The highest BCUT2D eigenvalue weighted by molar-refractivity contribution is 6.03. The van der Waals surface area contributed by atoms with Gasteiger partial charge >= 0.3 is 0 Å². The zero-order valence-electron chi connectivity index (χ0n) is 18.8. The Hall–Kier alpha value is -4.11. The van der Waals surface area contributed by atoms with E-state index in [2.05, 4.69) is 113 Å². The van der Waals surface area contributed by atoms with Crippen molar-refractivity contribution in [3.05, 3.63) is 109 Å². The molecule has 5 aromatic carbocycles. The molecule has 1 N–H and O–H groups in total. The minimum absolute atomic E-state index is 0.0618. The number of hydrogen-bond acceptors (Lipinski definition) is 2. The first-order valence-electron chi connectivity index (χ1n) is 11.6. The molecule has 0 saturated heterocycles. The van der Waals surface area contributed by atoms with Crippen LogP contribution >= 0.6 is 0 Å². The Labute approximate surface area is 193 Å². The van der Waals surface area contributed by atoms with E-state index in [1.54, 1.807) is 0 Å². The van der Waals surface area contributed by atoms with Gasteiger partial charge in [0, 0.05) is 16.8 Å². The predicted molar refractivity (Wildman–Crippen MR) is 140 cm³/mol. The lowest BCUT2D eigenvalue weighted by atomic mass is 9.93. The maximum Gasteiger partial charge on any atom is 0.145 e. The van der Waals surface area contributed by atoms with Crippen LogP contribution in [0.1, 0.15) is 25.6 Å². The van der Waals surface area contributed by atoms with E-state index in [9.17, 15) is 0 Å². The van der Waals surface area contributed by atoms with Gasteiger partial charge in [-0.05, 0) is 51.9 Å². The van der Waals surface area contributed by atoms with Crippen molar-refractivity contribution < 1.29 is 0 Å². The second kappa shape index (κ2) is 7.79. The van der Waals surface area contributed by atoms with Crippen molar-refractivity contribution in [2.75, 3.05) is 5.32 Å². The smallest absolute Gasteiger partial charge is 0.145 e. The average Bonchev–Trinajstić information content (AvgIpc) is 3.28. The summed E-state index contributed by atoms with van der Waals surface area (Å²) in [5, 5.41) is 8.89. The van der Waals surface area contributed by atoms with E-state index >= 15 is 0 Å². The van der Waals surface area contributed by atoms with Gasteiger partial charge in [-0.25, -0.2) is 4.98 Å². The van der Waals surface area contributed by atoms with Gasteiger partial charge < -0.3 is 5.32 Å². The maximum absolute atomic E-state index is 5.05. The average molecular weight is 428 g/mol. The number of fused-ring (bicyclic) bond motifs is 7. The van der Waals surface area contributed by atoms with Gasteiger partial charge in [-0.1, -0.05) is 86.6 Å². The number of anilines is 1. The maximum atomic E-state index is 5.05. The highest BCUT2D eigenvalue weighted by Gasteiger charge is 2.30. The van der Waals surface area contributed by atoms with Crippen molar-refractivity contribution in [3.63, 3.8) is 0 Å². The quantitative estimate of drug-likeness (QED) is 0.269. The van der Waals surface area contributed by atoms with Gasteiger partial charge in [0.2, 0.25) is 0 Å². The van der Waals surface area contributed by atoms with Gasteiger partial charge in [0.25, 0.3) is 0 Å². The molecule has 0 bridgehead atoms. The van der Waals surface area contributed by atoms with E-state index < -0.39 is 0 Å². The molecule has 1 aliphatic rings. The molecular formula is C30H25N3. The fourth-order valence-corrected chi connectivity index (χ4v) is 5.06. The molecule has 0 fully saturated rings. The van der Waals surface area contributed by atoms with Crippen LogP contribution in [0.5, 0.6) is 0 Å². The van der Waals surface area contributed by atoms with E-state index in [0.717, 1.165) is 28.1 Å². The number of hydrogen-bond donors (Lipinski definition) is 1. The molecule has 33 heavy (non-hydrogen) atoms. The summed E-state index contributed by atoms with van der Waals surface area (Å²) in [6, 6.07) is 36.5. The minimum Gasteiger partial charge on any atom is -0.360 e. The predicted octanol–water partition coefficient (Wildman–Crippen LogP) is 8.01. The molecule has 3 nitrogen and oxygen atoms in total. The third kappa shape index (κ3) is 2.93. The first kappa shape index (κ1) is 19.6. The second-order valence-electron chi connectivity index (χ2n) is 8.12. The van der Waals surface area contributed by atoms with E-state index in [1.807, 2.05) is 13.8 Å². The number of benzene rings is 5. The summed E-state index contributed by atoms with van der Waals surface area (Å²) in [6.45, 7) is 4.00. The third-order valence-electron chi connectivity index (χ3n) is 6.40. The minimum atomic E-state index is -0.0618. The Bertz CT molecular complexity index is 1570. The number of aromatic nitrogens is 2. The molecule has 2 heterocycles. The molecule has 1 unspecified atom stereocenters. The molecule has 1 atom stereocenters. The van der Waals surface area contributed by atoms with Crippen molar-refractivity contribution in [1.82, 2.24) is 9.55 Å². The van der Waals surface area contributed by atoms with Crippen LogP contribution in [0.15, 0.2) is 103 Å². The van der Waals surface area contributed by atoms with Crippen LogP contribution in [0, 0.1) is 0 Å². The molecule has 3 heteroatoms. The molecule has 0 aliphatic carbocycles. The van der Waals surface area contributed by atoms with Gasteiger partial charge in [-0.15, -0.1) is 0 Å². The highest BCUT2D eigenvalue weighted by atomic mass is 15.2. The van der Waals surface area contributed by atoms with Crippen molar-refractivity contribution in [1.29, 1.82) is 0 Å². The lowest BCUT2D eigenvalue weighted by molar-refractivity contribution is 0.678. The van der Waals surface area contributed by atoms with Crippen molar-refractivity contribution in [2.45, 2.75) is 20.0 Å². The molecular weight excluding hydrogens is 402 g/mol. The first-order valence-corrected chi connectivity index (χ1v) is 11.6. The van der Waals surface area contributed by atoms with Crippen LogP contribution < -0.4 is 5.32 Å². The zero-order chi connectivity index (χ0) is 22.4. The molecule has 0 radical (unpaired) electrons. The van der Waals surface area contributed by atoms with Gasteiger partial charge in [-0.3, -0.25) is 4.57 Å². The van der Waals surface area contributed by atoms with E-state index in [0.29, 0.717) is 0 Å². The number of para-hydroxylation sites is 3. The van der Waals surface area contributed by atoms with Crippen LogP contribution in [0.2, 0.25) is 0 Å². The van der Waals surface area contributed by atoms with Crippen LogP contribution in [-0.4, -0.2) is 9.55 Å². The summed E-state index contributed by atoms with van der Waals surface area (Å²) in [6.07, 6.45) is -0.0618. The normalized spacial score (nSPS) is 14.3. The lowest BCUT2D eigenvalue weighted by Gasteiger charge is -2.32. The first-order chi connectivity index (χ1) is 16.4. The Balaban J connectivity index is 0.00000101. The van der Waals surface area contributed by atoms with Crippen molar-refractivity contribution >= 4 is 38.3 Å². The molecule has 6 aromatic rings. The summed E-state index contributed by atoms with van der Waals surface area (Å²) in [5.74, 6) is 1.01. The number of nitrogens with one attached hydrogen (secondary N) is 1. The van der Waals surface area contributed by atoms with Crippen LogP contribution in [0.4, 0.5) is 5.69 Å². The Morgan fingerprint density at radius 2 is 1.30 bits per heavy atom. The molecule has 1 aliphatic heterocycles. The van der Waals surface area contributed by atoms with E-state index in [1.165, 1.54) is 27.1 Å². The summed E-state index contributed by atoms with van der Waals surface area (Å²) in [5.41, 5.74) is 5.70. The lowest BCUT2D eigenvalue weighted by Crippen LogP contribution is -2.25. The van der Waals surface area contributed by atoms with Crippen LogP contribution in [0.3, 0.4) is 0 Å². The molecule has 0 spiro atoms. The summed E-state index contributed by atoms with van der Waals surface area (Å²) < 4.78 is 2.37. The molecule has 0 amide bonds. The second-order valence-corrected chi connectivity index (χ2v) is 8.12.